The van der Waals surface area contributed by atoms with Gasteiger partial charge in [0.1, 0.15) is 11.9 Å². The largest absolute Gasteiger partial charge is 0.478 e. The van der Waals surface area contributed by atoms with Crippen LogP contribution in [-0.4, -0.2) is 39.5 Å². The summed E-state index contributed by atoms with van der Waals surface area (Å²) in [4.78, 5) is 20.9. The van der Waals surface area contributed by atoms with Gasteiger partial charge < -0.3 is 10.0 Å². The molecule has 0 saturated heterocycles. The lowest BCUT2D eigenvalue weighted by molar-refractivity contribution is 0.0693. The lowest BCUT2D eigenvalue weighted by Crippen LogP contribution is -2.23. The van der Waals surface area contributed by atoms with Crippen LogP contribution in [0.15, 0.2) is 12.5 Å². The molecule has 0 spiro atoms. The van der Waals surface area contributed by atoms with Crippen molar-refractivity contribution in [2.24, 2.45) is 11.8 Å². The van der Waals surface area contributed by atoms with E-state index in [0.29, 0.717) is 12.2 Å². The molecule has 1 N–H and O–H groups in total. The van der Waals surface area contributed by atoms with Gasteiger partial charge in [-0.2, -0.15) is 0 Å². The van der Waals surface area contributed by atoms with Gasteiger partial charge >= 0.3 is 5.97 Å². The number of carboxylic acid groups (broad SMARTS) is 1. The molecule has 17 heavy (non-hydrogen) atoms. The third kappa shape index (κ3) is 3.00. The second-order valence-corrected chi connectivity index (χ2v) is 4.86. The van der Waals surface area contributed by atoms with Crippen LogP contribution in [0.3, 0.4) is 0 Å². The third-order valence-corrected chi connectivity index (χ3v) is 3.27. The second-order valence-electron chi connectivity index (χ2n) is 4.86. The molecule has 1 heterocycles. The van der Waals surface area contributed by atoms with Gasteiger partial charge in [-0.25, -0.2) is 14.8 Å². The summed E-state index contributed by atoms with van der Waals surface area (Å²) in [5.41, 5.74) is 0.784. The van der Waals surface area contributed by atoms with Crippen LogP contribution < -0.4 is 0 Å². The van der Waals surface area contributed by atoms with E-state index in [4.69, 9.17) is 5.11 Å². The quantitative estimate of drug-likeness (QED) is 0.832. The Hall–Kier alpha value is -1.49. The number of aromatic carboxylic acids is 1. The Balaban J connectivity index is 1.99. The van der Waals surface area contributed by atoms with E-state index in [9.17, 15) is 4.79 Å². The monoisotopic (exact) mass is 235 g/mol. The number of carboxylic acids is 1. The average molecular weight is 235 g/mol. The maximum atomic E-state index is 11.0. The summed E-state index contributed by atoms with van der Waals surface area (Å²) < 4.78 is 0. The molecule has 92 valence electrons. The van der Waals surface area contributed by atoms with Crippen molar-refractivity contribution in [1.29, 1.82) is 0 Å². The number of nitrogens with zero attached hydrogens (tertiary/aromatic N) is 3. The van der Waals surface area contributed by atoms with E-state index in [2.05, 4.69) is 21.8 Å². The fraction of sp³-hybridized carbons (Fsp3) is 0.583. The zero-order valence-electron chi connectivity index (χ0n) is 10.1. The van der Waals surface area contributed by atoms with Gasteiger partial charge in [-0.15, -0.1) is 0 Å². The van der Waals surface area contributed by atoms with Gasteiger partial charge in [0.2, 0.25) is 0 Å². The van der Waals surface area contributed by atoms with E-state index in [1.54, 1.807) is 0 Å². The molecule has 1 aromatic rings. The minimum atomic E-state index is -0.964. The molecule has 0 bridgehead atoms. The van der Waals surface area contributed by atoms with Crippen molar-refractivity contribution < 1.29 is 9.90 Å². The number of hydrogen-bond donors (Lipinski definition) is 1. The highest BCUT2D eigenvalue weighted by Crippen LogP contribution is 2.38. The topological polar surface area (TPSA) is 66.3 Å². The molecule has 2 unspecified atom stereocenters. The van der Waals surface area contributed by atoms with Gasteiger partial charge in [-0.1, -0.05) is 6.92 Å². The van der Waals surface area contributed by atoms with Gasteiger partial charge in [-0.3, -0.25) is 0 Å². The Bertz CT molecular complexity index is 422. The smallest absolute Gasteiger partial charge is 0.339 e. The van der Waals surface area contributed by atoms with Crippen LogP contribution in [0, 0.1) is 11.8 Å². The van der Waals surface area contributed by atoms with Crippen LogP contribution in [0.1, 0.15) is 29.4 Å². The van der Waals surface area contributed by atoms with E-state index >= 15 is 0 Å². The number of rotatable bonds is 5. The fourth-order valence-electron chi connectivity index (χ4n) is 2.03. The number of carbonyl (C=O) groups is 1. The Kier molecular flexibility index (Phi) is 3.38. The molecule has 0 aliphatic heterocycles. The maximum absolute atomic E-state index is 11.0. The zero-order valence-corrected chi connectivity index (χ0v) is 10.1. The van der Waals surface area contributed by atoms with E-state index < -0.39 is 5.97 Å². The SMILES string of the molecule is CC1CC1CN(C)Cc1ncncc1C(=O)O. The van der Waals surface area contributed by atoms with Crippen LogP contribution >= 0.6 is 0 Å². The van der Waals surface area contributed by atoms with E-state index in [1.165, 1.54) is 18.9 Å². The van der Waals surface area contributed by atoms with Crippen molar-refractivity contribution in [3.8, 4) is 0 Å². The van der Waals surface area contributed by atoms with Crippen molar-refractivity contribution in [3.63, 3.8) is 0 Å². The van der Waals surface area contributed by atoms with E-state index in [0.717, 1.165) is 18.4 Å². The summed E-state index contributed by atoms with van der Waals surface area (Å²) in [6, 6.07) is 0. The summed E-state index contributed by atoms with van der Waals surface area (Å²) in [5, 5.41) is 9.02. The molecule has 1 aromatic heterocycles. The first-order valence-corrected chi connectivity index (χ1v) is 5.78. The average Bonchev–Trinajstić information content (AvgIpc) is 2.94. The van der Waals surface area contributed by atoms with Gasteiger partial charge in [-0.05, 0) is 25.3 Å². The Morgan fingerprint density at radius 2 is 2.35 bits per heavy atom. The molecule has 2 atom stereocenters. The van der Waals surface area contributed by atoms with E-state index in [-0.39, 0.29) is 5.56 Å². The van der Waals surface area contributed by atoms with Crippen LogP contribution in [0.5, 0.6) is 0 Å². The van der Waals surface area contributed by atoms with Crippen LogP contribution in [0.4, 0.5) is 0 Å². The normalized spacial score (nSPS) is 22.8. The molecule has 0 amide bonds. The summed E-state index contributed by atoms with van der Waals surface area (Å²) in [5.74, 6) is 0.602. The van der Waals surface area contributed by atoms with Gasteiger partial charge in [0.15, 0.2) is 0 Å². The van der Waals surface area contributed by atoms with Crippen molar-refractivity contribution >= 4 is 5.97 Å². The summed E-state index contributed by atoms with van der Waals surface area (Å²) in [6.45, 7) is 3.81. The van der Waals surface area contributed by atoms with Crippen molar-refractivity contribution in [3.05, 3.63) is 23.8 Å². The number of aromatic nitrogens is 2. The lowest BCUT2D eigenvalue weighted by atomic mass is 10.2. The minimum Gasteiger partial charge on any atom is -0.478 e. The lowest BCUT2D eigenvalue weighted by Gasteiger charge is -2.16. The van der Waals surface area contributed by atoms with Gasteiger partial charge in [0.05, 0.1) is 5.69 Å². The van der Waals surface area contributed by atoms with Crippen molar-refractivity contribution in [2.75, 3.05) is 13.6 Å². The highest BCUT2D eigenvalue weighted by atomic mass is 16.4. The highest BCUT2D eigenvalue weighted by Gasteiger charge is 2.33. The fourth-order valence-corrected chi connectivity index (χ4v) is 2.03. The molecule has 1 saturated carbocycles. The molecular weight excluding hydrogens is 218 g/mol. The minimum absolute atomic E-state index is 0.197. The molecule has 5 nitrogen and oxygen atoms in total. The highest BCUT2D eigenvalue weighted by molar-refractivity contribution is 5.88. The Labute approximate surface area is 100 Å². The molecule has 0 aromatic carbocycles. The molecule has 1 aliphatic rings. The van der Waals surface area contributed by atoms with Gasteiger partial charge in [0, 0.05) is 19.3 Å². The first-order valence-electron chi connectivity index (χ1n) is 5.78. The molecule has 0 radical (unpaired) electrons. The van der Waals surface area contributed by atoms with Crippen molar-refractivity contribution in [2.45, 2.75) is 19.9 Å². The van der Waals surface area contributed by atoms with Gasteiger partial charge in [0.25, 0.3) is 0 Å². The van der Waals surface area contributed by atoms with E-state index in [1.807, 2.05) is 7.05 Å². The zero-order chi connectivity index (χ0) is 12.4. The third-order valence-electron chi connectivity index (χ3n) is 3.27. The molecule has 1 aliphatic carbocycles. The predicted molar refractivity (Wildman–Crippen MR) is 62.6 cm³/mol. The van der Waals surface area contributed by atoms with Crippen LogP contribution in [0.2, 0.25) is 0 Å². The molecule has 1 fully saturated rings. The predicted octanol–water partition coefficient (Wildman–Crippen LogP) is 1.26. The number of hydrogen-bond acceptors (Lipinski definition) is 4. The summed E-state index contributed by atoms with van der Waals surface area (Å²) in [7, 11) is 2.00. The van der Waals surface area contributed by atoms with Crippen LogP contribution in [0.25, 0.3) is 0 Å². The molecular formula is C12H17N3O2. The Morgan fingerprint density at radius 3 is 2.94 bits per heavy atom. The standard InChI is InChI=1S/C12H17N3O2/c1-8-3-9(8)5-15(2)6-11-10(12(16)17)4-13-7-14-11/h4,7-9H,3,5-6H2,1-2H3,(H,16,17). The molecule has 2 rings (SSSR count). The molecule has 5 heteroatoms. The summed E-state index contributed by atoms with van der Waals surface area (Å²) >= 11 is 0. The van der Waals surface area contributed by atoms with Crippen molar-refractivity contribution in [1.82, 2.24) is 14.9 Å². The Morgan fingerprint density at radius 1 is 1.65 bits per heavy atom. The first-order chi connectivity index (χ1) is 8.08. The second kappa shape index (κ2) is 4.79. The summed E-state index contributed by atoms with van der Waals surface area (Å²) in [6.07, 6.45) is 4.04. The maximum Gasteiger partial charge on any atom is 0.339 e. The first kappa shape index (κ1) is 12.0. The van der Waals surface area contributed by atoms with Crippen LogP contribution in [-0.2, 0) is 6.54 Å².